The van der Waals surface area contributed by atoms with E-state index < -0.39 is 11.6 Å². The summed E-state index contributed by atoms with van der Waals surface area (Å²) in [5.74, 6) is -0.865. The molecule has 0 atom stereocenters. The van der Waals surface area contributed by atoms with Gasteiger partial charge in [-0.05, 0) is 18.2 Å². The van der Waals surface area contributed by atoms with E-state index in [-0.39, 0.29) is 12.1 Å². The zero-order chi connectivity index (χ0) is 10.8. The topological polar surface area (TPSA) is 39.2 Å². The predicted octanol–water partition coefficient (Wildman–Crippen LogP) is 2.68. The van der Waals surface area contributed by atoms with Crippen LogP contribution >= 0.6 is 0 Å². The molecule has 2 aromatic rings. The fraction of sp³-hybridized carbons (Fsp3) is 0.0909. The Balaban J connectivity index is 2.63. The van der Waals surface area contributed by atoms with Crippen molar-refractivity contribution in [3.8, 4) is 11.1 Å². The Bertz CT molecular complexity index is 459. The summed E-state index contributed by atoms with van der Waals surface area (Å²) in [5, 5.41) is 0. The molecule has 2 N–H and O–H groups in total. The molecule has 0 unspecified atom stereocenters. The molecule has 15 heavy (non-hydrogen) atoms. The van der Waals surface area contributed by atoms with Crippen molar-refractivity contribution in [2.75, 3.05) is 0 Å². The van der Waals surface area contributed by atoms with Crippen LogP contribution in [0.3, 0.4) is 0 Å². The van der Waals surface area contributed by atoms with Gasteiger partial charge in [-0.1, -0.05) is 6.07 Å². The monoisotopic (exact) mass is 209 g/mol. The number of halogens is 2. The van der Waals surface area contributed by atoms with Crippen LogP contribution in [0.4, 0.5) is 8.78 Å². The van der Waals surface area contributed by atoms with Gasteiger partial charge in [0.25, 0.3) is 0 Å². The summed E-state index contributed by atoms with van der Waals surface area (Å²) >= 11 is 0. The number of furan rings is 1. The number of rotatable bonds is 2. The first-order valence-corrected chi connectivity index (χ1v) is 4.45. The SMILES string of the molecule is NCc1occc1-c1c(F)cccc1F. The molecular weight excluding hydrogens is 200 g/mol. The second-order valence-corrected chi connectivity index (χ2v) is 3.06. The molecule has 2 rings (SSSR count). The van der Waals surface area contributed by atoms with Crippen LogP contribution in [0.25, 0.3) is 11.1 Å². The molecule has 0 amide bonds. The number of hydrogen-bond acceptors (Lipinski definition) is 2. The van der Waals surface area contributed by atoms with E-state index in [0.29, 0.717) is 11.3 Å². The molecule has 0 aliphatic heterocycles. The van der Waals surface area contributed by atoms with Crippen molar-refractivity contribution < 1.29 is 13.2 Å². The minimum atomic E-state index is -0.619. The third kappa shape index (κ3) is 1.64. The molecule has 1 aromatic heterocycles. The van der Waals surface area contributed by atoms with E-state index in [4.69, 9.17) is 10.2 Å². The average Bonchev–Trinajstić information content (AvgIpc) is 2.65. The summed E-state index contributed by atoms with van der Waals surface area (Å²) in [5.41, 5.74) is 5.67. The molecule has 78 valence electrons. The van der Waals surface area contributed by atoms with E-state index in [1.54, 1.807) is 0 Å². The van der Waals surface area contributed by atoms with Crippen molar-refractivity contribution in [3.63, 3.8) is 0 Å². The highest BCUT2D eigenvalue weighted by atomic mass is 19.1. The largest absolute Gasteiger partial charge is 0.467 e. The van der Waals surface area contributed by atoms with Gasteiger partial charge in [-0.25, -0.2) is 8.78 Å². The number of nitrogens with two attached hydrogens (primary N) is 1. The first-order chi connectivity index (χ1) is 7.24. The molecule has 0 saturated carbocycles. The van der Waals surface area contributed by atoms with E-state index in [0.717, 1.165) is 0 Å². The second-order valence-electron chi connectivity index (χ2n) is 3.06. The maximum absolute atomic E-state index is 13.4. The lowest BCUT2D eigenvalue weighted by Gasteiger charge is -2.03. The molecule has 0 fully saturated rings. The summed E-state index contributed by atoms with van der Waals surface area (Å²) in [7, 11) is 0. The van der Waals surface area contributed by atoms with Crippen LogP contribution in [0.1, 0.15) is 5.76 Å². The van der Waals surface area contributed by atoms with Gasteiger partial charge in [0.1, 0.15) is 17.4 Å². The Morgan fingerprint density at radius 2 is 1.80 bits per heavy atom. The smallest absolute Gasteiger partial charge is 0.134 e. The normalized spacial score (nSPS) is 10.6. The third-order valence-corrected chi connectivity index (χ3v) is 2.16. The first kappa shape index (κ1) is 9.86. The van der Waals surface area contributed by atoms with Crippen molar-refractivity contribution in [2.45, 2.75) is 6.54 Å². The van der Waals surface area contributed by atoms with Crippen molar-refractivity contribution in [3.05, 3.63) is 47.9 Å². The molecule has 0 aliphatic carbocycles. The molecular formula is C11H9F2NO. The first-order valence-electron chi connectivity index (χ1n) is 4.45. The van der Waals surface area contributed by atoms with Crippen LogP contribution in [0.2, 0.25) is 0 Å². The van der Waals surface area contributed by atoms with Crippen molar-refractivity contribution in [2.24, 2.45) is 5.73 Å². The molecule has 4 heteroatoms. The lowest BCUT2D eigenvalue weighted by atomic mass is 10.1. The molecule has 1 aromatic carbocycles. The minimum absolute atomic E-state index is 0.0910. The molecule has 2 nitrogen and oxygen atoms in total. The van der Waals surface area contributed by atoms with Crippen LogP contribution in [0, 0.1) is 11.6 Å². The molecule has 1 heterocycles. The third-order valence-electron chi connectivity index (χ3n) is 2.16. The van der Waals surface area contributed by atoms with Crippen LogP contribution in [-0.2, 0) is 6.54 Å². The Labute approximate surface area is 85.3 Å². The van der Waals surface area contributed by atoms with Crippen molar-refractivity contribution in [1.82, 2.24) is 0 Å². The Hall–Kier alpha value is -1.68. The zero-order valence-corrected chi connectivity index (χ0v) is 7.84. The highest BCUT2D eigenvalue weighted by molar-refractivity contribution is 5.66. The van der Waals surface area contributed by atoms with Crippen molar-refractivity contribution >= 4 is 0 Å². The molecule has 0 aliphatic rings. The van der Waals surface area contributed by atoms with Crippen LogP contribution < -0.4 is 5.73 Å². The van der Waals surface area contributed by atoms with Gasteiger partial charge in [0.05, 0.1) is 18.4 Å². The maximum Gasteiger partial charge on any atom is 0.134 e. The van der Waals surface area contributed by atoms with Gasteiger partial charge in [0.15, 0.2) is 0 Å². The fourth-order valence-electron chi connectivity index (χ4n) is 1.48. The van der Waals surface area contributed by atoms with Gasteiger partial charge in [-0.3, -0.25) is 0 Å². The highest BCUT2D eigenvalue weighted by Gasteiger charge is 2.15. The lowest BCUT2D eigenvalue weighted by molar-refractivity contribution is 0.512. The quantitative estimate of drug-likeness (QED) is 0.825. The van der Waals surface area contributed by atoms with Gasteiger partial charge < -0.3 is 10.2 Å². The predicted molar refractivity (Wildman–Crippen MR) is 52.0 cm³/mol. The van der Waals surface area contributed by atoms with Gasteiger partial charge in [0.2, 0.25) is 0 Å². The summed E-state index contributed by atoms with van der Waals surface area (Å²) < 4.78 is 31.8. The van der Waals surface area contributed by atoms with Crippen LogP contribution in [-0.4, -0.2) is 0 Å². The maximum atomic E-state index is 13.4. The standard InChI is InChI=1S/C11H9F2NO/c12-8-2-1-3-9(13)11(8)7-4-5-15-10(7)6-14/h1-5H,6,14H2. The van der Waals surface area contributed by atoms with E-state index in [9.17, 15) is 8.78 Å². The fourth-order valence-corrected chi connectivity index (χ4v) is 1.48. The Morgan fingerprint density at radius 3 is 2.40 bits per heavy atom. The Kier molecular flexibility index (Phi) is 2.51. The van der Waals surface area contributed by atoms with E-state index in [1.165, 1.54) is 30.5 Å². The van der Waals surface area contributed by atoms with Gasteiger partial charge in [-0.15, -0.1) is 0 Å². The summed E-state index contributed by atoms with van der Waals surface area (Å²) in [4.78, 5) is 0. The zero-order valence-electron chi connectivity index (χ0n) is 7.84. The lowest BCUT2D eigenvalue weighted by Crippen LogP contribution is -1.98. The van der Waals surface area contributed by atoms with Crippen LogP contribution in [0.5, 0.6) is 0 Å². The molecule has 0 saturated heterocycles. The minimum Gasteiger partial charge on any atom is -0.467 e. The van der Waals surface area contributed by atoms with Crippen molar-refractivity contribution in [1.29, 1.82) is 0 Å². The summed E-state index contributed by atoms with van der Waals surface area (Å²) in [6.07, 6.45) is 1.36. The number of benzene rings is 1. The highest BCUT2D eigenvalue weighted by Crippen LogP contribution is 2.29. The van der Waals surface area contributed by atoms with Gasteiger partial charge >= 0.3 is 0 Å². The molecule has 0 spiro atoms. The van der Waals surface area contributed by atoms with Gasteiger partial charge in [-0.2, -0.15) is 0 Å². The van der Waals surface area contributed by atoms with Crippen LogP contribution in [0.15, 0.2) is 34.9 Å². The van der Waals surface area contributed by atoms with E-state index in [1.807, 2.05) is 0 Å². The second kappa shape index (κ2) is 3.82. The molecule has 0 radical (unpaired) electrons. The number of hydrogen-bond donors (Lipinski definition) is 1. The summed E-state index contributed by atoms with van der Waals surface area (Å²) in [6.45, 7) is 0.107. The van der Waals surface area contributed by atoms with E-state index >= 15 is 0 Å². The molecule has 0 bridgehead atoms. The van der Waals surface area contributed by atoms with E-state index in [2.05, 4.69) is 0 Å². The average molecular weight is 209 g/mol. The Morgan fingerprint density at radius 1 is 1.13 bits per heavy atom. The summed E-state index contributed by atoms with van der Waals surface area (Å²) in [6, 6.07) is 5.22. The van der Waals surface area contributed by atoms with Gasteiger partial charge in [0, 0.05) is 5.56 Å².